The lowest BCUT2D eigenvalue weighted by Crippen LogP contribution is -2.17. The predicted molar refractivity (Wildman–Crippen MR) is 77.3 cm³/mol. The van der Waals surface area contributed by atoms with Gasteiger partial charge in [0.2, 0.25) is 0 Å². The standard InChI is InChI=1S/C12H15N3O2S2/c1-9(8-19(2,16)17)15-11(13-14-12(15)18)10-6-4-3-5-7-10/h3-7,9H,8H2,1-2H3,(H,14,18). The van der Waals surface area contributed by atoms with Crippen LogP contribution in [-0.4, -0.2) is 35.2 Å². The first kappa shape index (κ1) is 14.0. The molecule has 0 saturated carbocycles. The Morgan fingerprint density at radius 3 is 2.58 bits per heavy atom. The average Bonchev–Trinajstić information content (AvgIpc) is 2.70. The molecule has 0 amide bonds. The van der Waals surface area contributed by atoms with Gasteiger partial charge in [-0.2, -0.15) is 5.10 Å². The third-order valence-electron chi connectivity index (χ3n) is 2.72. The molecule has 1 unspecified atom stereocenters. The van der Waals surface area contributed by atoms with Gasteiger partial charge in [-0.25, -0.2) is 8.42 Å². The molecule has 5 nitrogen and oxygen atoms in total. The monoisotopic (exact) mass is 297 g/mol. The smallest absolute Gasteiger partial charge is 0.195 e. The second-order valence-corrected chi connectivity index (χ2v) is 7.10. The van der Waals surface area contributed by atoms with E-state index in [1.54, 1.807) is 4.57 Å². The zero-order chi connectivity index (χ0) is 14.0. The maximum Gasteiger partial charge on any atom is 0.195 e. The minimum Gasteiger partial charge on any atom is -0.296 e. The number of aromatic nitrogens is 3. The Hall–Kier alpha value is -1.47. The minimum atomic E-state index is -3.07. The Balaban J connectivity index is 2.47. The summed E-state index contributed by atoms with van der Waals surface area (Å²) >= 11 is 5.19. The van der Waals surface area contributed by atoms with E-state index in [0.717, 1.165) is 5.56 Å². The second-order valence-electron chi connectivity index (χ2n) is 4.53. The van der Waals surface area contributed by atoms with Gasteiger partial charge in [0.1, 0.15) is 9.84 Å². The summed E-state index contributed by atoms with van der Waals surface area (Å²) in [5.74, 6) is 0.683. The van der Waals surface area contributed by atoms with Crippen molar-refractivity contribution in [2.75, 3.05) is 12.0 Å². The van der Waals surface area contributed by atoms with Gasteiger partial charge in [0, 0.05) is 17.9 Å². The Bertz CT molecular complexity index is 717. The molecule has 102 valence electrons. The number of sulfone groups is 1. The number of nitrogens with one attached hydrogen (secondary N) is 1. The van der Waals surface area contributed by atoms with Crippen molar-refractivity contribution in [3.05, 3.63) is 35.1 Å². The lowest BCUT2D eigenvalue weighted by molar-refractivity contribution is 0.560. The van der Waals surface area contributed by atoms with Crippen molar-refractivity contribution < 1.29 is 8.42 Å². The van der Waals surface area contributed by atoms with Gasteiger partial charge in [-0.05, 0) is 19.1 Å². The summed E-state index contributed by atoms with van der Waals surface area (Å²) in [5.41, 5.74) is 0.898. The molecule has 0 aliphatic carbocycles. The highest BCUT2D eigenvalue weighted by Crippen LogP contribution is 2.21. The van der Waals surface area contributed by atoms with Crippen molar-refractivity contribution in [2.45, 2.75) is 13.0 Å². The van der Waals surface area contributed by atoms with E-state index >= 15 is 0 Å². The Labute approximate surface area is 117 Å². The predicted octanol–water partition coefficient (Wildman–Crippen LogP) is 2.21. The first-order valence-corrected chi connectivity index (χ1v) is 8.25. The normalized spacial score (nSPS) is 13.4. The van der Waals surface area contributed by atoms with E-state index in [9.17, 15) is 8.42 Å². The molecule has 0 aliphatic heterocycles. The summed E-state index contributed by atoms with van der Waals surface area (Å²) in [6, 6.07) is 9.27. The fourth-order valence-corrected chi connectivity index (χ4v) is 3.35. The van der Waals surface area contributed by atoms with Gasteiger partial charge in [-0.1, -0.05) is 30.3 Å². The van der Waals surface area contributed by atoms with E-state index in [4.69, 9.17) is 12.2 Å². The van der Waals surface area contributed by atoms with E-state index in [1.165, 1.54) is 6.26 Å². The molecule has 2 aromatic rings. The van der Waals surface area contributed by atoms with Crippen molar-refractivity contribution in [3.8, 4) is 11.4 Å². The van der Waals surface area contributed by atoms with Gasteiger partial charge in [0.25, 0.3) is 0 Å². The van der Waals surface area contributed by atoms with Crippen molar-refractivity contribution in [2.24, 2.45) is 0 Å². The Morgan fingerprint density at radius 2 is 2.00 bits per heavy atom. The lowest BCUT2D eigenvalue weighted by atomic mass is 10.2. The fourth-order valence-electron chi connectivity index (χ4n) is 2.02. The Morgan fingerprint density at radius 1 is 1.37 bits per heavy atom. The van der Waals surface area contributed by atoms with E-state index in [-0.39, 0.29) is 11.8 Å². The molecule has 1 aromatic carbocycles. The summed E-state index contributed by atoms with van der Waals surface area (Å²) in [4.78, 5) is 0. The summed E-state index contributed by atoms with van der Waals surface area (Å²) in [7, 11) is -3.07. The minimum absolute atomic E-state index is 0.0284. The average molecular weight is 297 g/mol. The van der Waals surface area contributed by atoms with Crippen LogP contribution in [0, 0.1) is 4.77 Å². The molecule has 0 fully saturated rings. The molecule has 0 bridgehead atoms. The second kappa shape index (κ2) is 5.26. The molecule has 1 atom stereocenters. The van der Waals surface area contributed by atoms with Crippen LogP contribution in [-0.2, 0) is 9.84 Å². The highest BCUT2D eigenvalue weighted by atomic mass is 32.2. The first-order valence-electron chi connectivity index (χ1n) is 5.78. The molecule has 0 spiro atoms. The lowest BCUT2D eigenvalue weighted by Gasteiger charge is -2.14. The van der Waals surface area contributed by atoms with Crippen LogP contribution < -0.4 is 0 Å². The van der Waals surface area contributed by atoms with Crippen LogP contribution in [0.1, 0.15) is 13.0 Å². The first-order chi connectivity index (χ1) is 8.88. The number of hydrogen-bond acceptors (Lipinski definition) is 4. The Kier molecular flexibility index (Phi) is 3.86. The van der Waals surface area contributed by atoms with E-state index in [1.807, 2.05) is 37.3 Å². The van der Waals surface area contributed by atoms with E-state index in [0.29, 0.717) is 10.6 Å². The molecule has 19 heavy (non-hydrogen) atoms. The molecule has 2 rings (SSSR count). The zero-order valence-electron chi connectivity index (χ0n) is 10.7. The van der Waals surface area contributed by atoms with Crippen molar-refractivity contribution in [3.63, 3.8) is 0 Å². The van der Waals surface area contributed by atoms with Crippen LogP contribution in [0.5, 0.6) is 0 Å². The quantitative estimate of drug-likeness (QED) is 0.879. The van der Waals surface area contributed by atoms with Gasteiger partial charge < -0.3 is 0 Å². The molecule has 1 heterocycles. The number of benzene rings is 1. The third kappa shape index (κ3) is 3.30. The van der Waals surface area contributed by atoms with Crippen molar-refractivity contribution in [1.82, 2.24) is 14.8 Å². The van der Waals surface area contributed by atoms with Crippen LogP contribution in [0.25, 0.3) is 11.4 Å². The third-order valence-corrected chi connectivity index (χ3v) is 4.10. The van der Waals surface area contributed by atoms with Gasteiger partial charge in [-0.15, -0.1) is 0 Å². The van der Waals surface area contributed by atoms with Crippen LogP contribution in [0.15, 0.2) is 30.3 Å². The molecule has 1 N–H and O–H groups in total. The van der Waals surface area contributed by atoms with Crippen molar-refractivity contribution in [1.29, 1.82) is 0 Å². The molecule has 1 aromatic heterocycles. The number of H-pyrrole nitrogens is 1. The van der Waals surface area contributed by atoms with Crippen molar-refractivity contribution >= 4 is 22.1 Å². The number of hydrogen-bond donors (Lipinski definition) is 1. The molecule has 0 saturated heterocycles. The largest absolute Gasteiger partial charge is 0.296 e. The SMILES string of the molecule is CC(CS(C)(=O)=O)n1c(-c2ccccc2)n[nH]c1=S. The van der Waals surface area contributed by atoms with Crippen LogP contribution in [0.4, 0.5) is 0 Å². The number of rotatable bonds is 4. The molecular formula is C12H15N3O2S2. The van der Waals surface area contributed by atoms with Crippen LogP contribution in [0.2, 0.25) is 0 Å². The molecule has 7 heteroatoms. The van der Waals surface area contributed by atoms with Crippen LogP contribution >= 0.6 is 12.2 Å². The maximum absolute atomic E-state index is 11.4. The summed E-state index contributed by atoms with van der Waals surface area (Å²) in [6.07, 6.45) is 1.22. The van der Waals surface area contributed by atoms with Gasteiger partial charge >= 0.3 is 0 Å². The summed E-state index contributed by atoms with van der Waals surface area (Å²) in [5, 5.41) is 6.91. The van der Waals surface area contributed by atoms with Gasteiger partial charge in [0.05, 0.1) is 5.75 Å². The maximum atomic E-state index is 11.4. The number of aromatic amines is 1. The van der Waals surface area contributed by atoms with E-state index in [2.05, 4.69) is 10.2 Å². The topological polar surface area (TPSA) is 67.8 Å². The van der Waals surface area contributed by atoms with Gasteiger partial charge in [0.15, 0.2) is 10.6 Å². The molecule has 0 radical (unpaired) electrons. The van der Waals surface area contributed by atoms with E-state index < -0.39 is 9.84 Å². The highest BCUT2D eigenvalue weighted by Gasteiger charge is 2.18. The zero-order valence-corrected chi connectivity index (χ0v) is 12.3. The summed E-state index contributed by atoms with van der Waals surface area (Å²) < 4.78 is 25.0. The highest BCUT2D eigenvalue weighted by molar-refractivity contribution is 7.90. The van der Waals surface area contributed by atoms with Gasteiger partial charge in [-0.3, -0.25) is 9.67 Å². The summed E-state index contributed by atoms with van der Waals surface area (Å²) in [6.45, 7) is 1.82. The fraction of sp³-hybridized carbons (Fsp3) is 0.333. The molecular weight excluding hydrogens is 282 g/mol. The molecule has 0 aliphatic rings. The van der Waals surface area contributed by atoms with Crippen LogP contribution in [0.3, 0.4) is 0 Å². The number of nitrogens with zero attached hydrogens (tertiary/aromatic N) is 2.